The van der Waals surface area contributed by atoms with Crippen LogP contribution in [0.4, 0.5) is 0 Å². The molecule has 0 fully saturated rings. The fraction of sp³-hybridized carbons (Fsp3) is 0. The van der Waals surface area contributed by atoms with Gasteiger partial charge < -0.3 is 10.0 Å². The maximum Gasteiger partial charge on any atom is 0.488 e. The maximum absolute atomic E-state index is 8.93. The van der Waals surface area contributed by atoms with Crippen molar-refractivity contribution in [1.82, 2.24) is 4.98 Å². The van der Waals surface area contributed by atoms with Crippen LogP contribution >= 0.6 is 0 Å². The normalized spacial score (nSPS) is 10.0. The summed E-state index contributed by atoms with van der Waals surface area (Å²) in [7, 11) is -1.41. The van der Waals surface area contributed by atoms with Gasteiger partial charge in [-0.1, -0.05) is 30.3 Å². The summed E-state index contributed by atoms with van der Waals surface area (Å²) in [4.78, 5) is 4.20. The van der Waals surface area contributed by atoms with Crippen molar-refractivity contribution < 1.29 is 10.0 Å². The maximum atomic E-state index is 8.93. The van der Waals surface area contributed by atoms with Crippen LogP contribution in [0.3, 0.4) is 0 Å². The van der Waals surface area contributed by atoms with Gasteiger partial charge in [-0.2, -0.15) is 0 Å². The molecular formula is C11H10BNO2. The van der Waals surface area contributed by atoms with Gasteiger partial charge in [0.15, 0.2) is 0 Å². The number of aromatic nitrogens is 1. The minimum atomic E-state index is -1.41. The summed E-state index contributed by atoms with van der Waals surface area (Å²) in [6.07, 6.45) is 1.73. The Balaban J connectivity index is 2.32. The summed E-state index contributed by atoms with van der Waals surface area (Å²) < 4.78 is 0. The van der Waals surface area contributed by atoms with E-state index in [0.29, 0.717) is 5.46 Å². The molecule has 2 rings (SSSR count). The molecular weight excluding hydrogens is 189 g/mol. The Morgan fingerprint density at radius 1 is 0.933 bits per heavy atom. The lowest BCUT2D eigenvalue weighted by Crippen LogP contribution is -2.29. The molecule has 0 aliphatic heterocycles. The third-order valence-corrected chi connectivity index (χ3v) is 2.17. The highest BCUT2D eigenvalue weighted by Gasteiger charge is 2.09. The summed E-state index contributed by atoms with van der Waals surface area (Å²) >= 11 is 0. The van der Waals surface area contributed by atoms with Crippen molar-refractivity contribution >= 4 is 12.6 Å². The molecule has 0 amide bonds. The second kappa shape index (κ2) is 4.25. The first kappa shape index (κ1) is 9.89. The summed E-state index contributed by atoms with van der Waals surface area (Å²) in [6, 6.07) is 12.7. The molecule has 0 spiro atoms. The molecule has 0 aliphatic rings. The first-order valence-corrected chi connectivity index (χ1v) is 4.65. The summed E-state index contributed by atoms with van der Waals surface area (Å²) in [6.45, 7) is 0. The van der Waals surface area contributed by atoms with Crippen LogP contribution in [0.5, 0.6) is 0 Å². The van der Waals surface area contributed by atoms with Crippen LogP contribution in [-0.4, -0.2) is 22.2 Å². The second-order valence-corrected chi connectivity index (χ2v) is 3.21. The first-order chi connectivity index (χ1) is 7.27. The van der Waals surface area contributed by atoms with Gasteiger partial charge >= 0.3 is 7.12 Å². The largest absolute Gasteiger partial charge is 0.488 e. The minimum absolute atomic E-state index is 0.481. The summed E-state index contributed by atoms with van der Waals surface area (Å²) in [5, 5.41) is 17.9. The molecule has 0 radical (unpaired) electrons. The van der Waals surface area contributed by atoms with E-state index in [9.17, 15) is 0 Å². The highest BCUT2D eigenvalue weighted by Crippen LogP contribution is 2.13. The number of nitrogens with zero attached hydrogens (tertiary/aromatic N) is 1. The number of benzene rings is 1. The molecule has 2 aromatic rings. The summed E-state index contributed by atoms with van der Waals surface area (Å²) in [5.41, 5.74) is 2.31. The molecule has 1 heterocycles. The third kappa shape index (κ3) is 2.23. The van der Waals surface area contributed by atoms with Crippen molar-refractivity contribution in [3.63, 3.8) is 0 Å². The van der Waals surface area contributed by atoms with Crippen LogP contribution in [0.25, 0.3) is 11.3 Å². The molecule has 0 saturated carbocycles. The average molecular weight is 199 g/mol. The zero-order valence-electron chi connectivity index (χ0n) is 8.04. The van der Waals surface area contributed by atoms with E-state index in [2.05, 4.69) is 4.98 Å². The minimum Gasteiger partial charge on any atom is -0.423 e. The quantitative estimate of drug-likeness (QED) is 0.689. The van der Waals surface area contributed by atoms with Crippen LogP contribution in [0, 0.1) is 0 Å². The molecule has 0 aliphatic carbocycles. The van der Waals surface area contributed by atoms with E-state index in [1.807, 2.05) is 30.3 Å². The lowest BCUT2D eigenvalue weighted by Gasteiger charge is -2.02. The van der Waals surface area contributed by atoms with E-state index in [-0.39, 0.29) is 0 Å². The smallest absolute Gasteiger partial charge is 0.423 e. The van der Waals surface area contributed by atoms with Gasteiger partial charge in [0, 0.05) is 11.8 Å². The van der Waals surface area contributed by atoms with Gasteiger partial charge in [-0.15, -0.1) is 0 Å². The number of rotatable bonds is 2. The average Bonchev–Trinajstić information content (AvgIpc) is 2.30. The first-order valence-electron chi connectivity index (χ1n) is 4.65. The predicted molar refractivity (Wildman–Crippen MR) is 59.5 cm³/mol. The molecule has 0 atom stereocenters. The molecule has 1 aromatic heterocycles. The van der Waals surface area contributed by atoms with E-state index < -0.39 is 7.12 Å². The van der Waals surface area contributed by atoms with Crippen molar-refractivity contribution in [2.24, 2.45) is 0 Å². The van der Waals surface area contributed by atoms with E-state index in [0.717, 1.165) is 11.3 Å². The third-order valence-electron chi connectivity index (χ3n) is 2.17. The molecule has 0 saturated heterocycles. The molecule has 3 nitrogen and oxygen atoms in total. The molecule has 2 N–H and O–H groups in total. The lowest BCUT2D eigenvalue weighted by atomic mass is 9.80. The van der Waals surface area contributed by atoms with Crippen LogP contribution in [0.1, 0.15) is 0 Å². The number of hydrogen-bond donors (Lipinski definition) is 2. The Bertz CT molecular complexity index is 428. The van der Waals surface area contributed by atoms with Gasteiger partial charge in [-0.25, -0.2) is 0 Å². The van der Waals surface area contributed by atoms with E-state index in [1.165, 1.54) is 0 Å². The van der Waals surface area contributed by atoms with Crippen molar-refractivity contribution in [3.05, 3.63) is 48.7 Å². The van der Waals surface area contributed by atoms with Crippen LogP contribution in [-0.2, 0) is 0 Å². The fourth-order valence-corrected chi connectivity index (χ4v) is 1.36. The summed E-state index contributed by atoms with van der Waals surface area (Å²) in [5.74, 6) is 0. The van der Waals surface area contributed by atoms with Crippen molar-refractivity contribution in [3.8, 4) is 11.3 Å². The van der Waals surface area contributed by atoms with Crippen molar-refractivity contribution in [2.75, 3.05) is 0 Å². The Labute approximate surface area is 88.2 Å². The molecule has 4 heteroatoms. The van der Waals surface area contributed by atoms with Crippen LogP contribution in [0.2, 0.25) is 0 Å². The van der Waals surface area contributed by atoms with Crippen LogP contribution < -0.4 is 5.46 Å². The molecule has 74 valence electrons. The van der Waals surface area contributed by atoms with Gasteiger partial charge in [-0.3, -0.25) is 4.98 Å². The fourth-order valence-electron chi connectivity index (χ4n) is 1.36. The van der Waals surface area contributed by atoms with Crippen LogP contribution in [0.15, 0.2) is 48.7 Å². The Kier molecular flexibility index (Phi) is 2.80. The number of pyridine rings is 1. The highest BCUT2D eigenvalue weighted by atomic mass is 16.4. The predicted octanol–water partition coefficient (Wildman–Crippen LogP) is 0.428. The zero-order chi connectivity index (χ0) is 10.7. The zero-order valence-corrected chi connectivity index (χ0v) is 8.04. The van der Waals surface area contributed by atoms with Crippen molar-refractivity contribution in [2.45, 2.75) is 0 Å². The molecule has 0 unspecified atom stereocenters. The van der Waals surface area contributed by atoms with Crippen molar-refractivity contribution in [1.29, 1.82) is 0 Å². The second-order valence-electron chi connectivity index (χ2n) is 3.21. The monoisotopic (exact) mass is 199 g/mol. The molecule has 1 aromatic carbocycles. The van der Waals surface area contributed by atoms with E-state index in [4.69, 9.17) is 10.0 Å². The standard InChI is InChI=1S/C11H10BNO2/c14-12(15)10-6-4-9(5-7-10)11-3-1-2-8-13-11/h1-8,14-15H. The highest BCUT2D eigenvalue weighted by molar-refractivity contribution is 6.58. The SMILES string of the molecule is OB(O)c1ccc(-c2ccccn2)cc1. The van der Waals surface area contributed by atoms with Gasteiger partial charge in [-0.05, 0) is 17.6 Å². The molecule has 15 heavy (non-hydrogen) atoms. The van der Waals surface area contributed by atoms with Gasteiger partial charge in [0.05, 0.1) is 5.69 Å². The van der Waals surface area contributed by atoms with E-state index >= 15 is 0 Å². The van der Waals surface area contributed by atoms with Gasteiger partial charge in [0.25, 0.3) is 0 Å². The Hall–Kier alpha value is -1.65. The molecule has 0 bridgehead atoms. The Morgan fingerprint density at radius 3 is 2.20 bits per heavy atom. The number of hydrogen-bond acceptors (Lipinski definition) is 3. The topological polar surface area (TPSA) is 53.4 Å². The van der Waals surface area contributed by atoms with Gasteiger partial charge in [0.2, 0.25) is 0 Å². The Morgan fingerprint density at radius 2 is 1.67 bits per heavy atom. The lowest BCUT2D eigenvalue weighted by molar-refractivity contribution is 0.426. The van der Waals surface area contributed by atoms with Gasteiger partial charge in [0.1, 0.15) is 0 Å². The van der Waals surface area contributed by atoms with E-state index in [1.54, 1.807) is 18.3 Å².